The van der Waals surface area contributed by atoms with E-state index in [4.69, 9.17) is 9.72 Å². The van der Waals surface area contributed by atoms with Crippen molar-refractivity contribution >= 4 is 38.8 Å². The van der Waals surface area contributed by atoms with E-state index in [1.54, 1.807) is 54.9 Å². The number of aryl methyl sites for hydroxylation is 1. The Morgan fingerprint density at radius 1 is 1.00 bits per heavy atom. The van der Waals surface area contributed by atoms with E-state index in [0.717, 1.165) is 37.4 Å². The molecule has 212 valence electrons. The van der Waals surface area contributed by atoms with Gasteiger partial charge in [-0.25, -0.2) is 8.42 Å². The predicted octanol–water partition coefficient (Wildman–Crippen LogP) is 5.36. The number of hydrogen-bond donors (Lipinski definition) is 3. The van der Waals surface area contributed by atoms with Gasteiger partial charge in [0.1, 0.15) is 5.75 Å². The highest BCUT2D eigenvalue weighted by molar-refractivity contribution is 7.92. The highest BCUT2D eigenvalue weighted by Crippen LogP contribution is 2.37. The Hall–Kier alpha value is -3.70. The van der Waals surface area contributed by atoms with Gasteiger partial charge in [0, 0.05) is 6.07 Å². The Balaban J connectivity index is 1.53. The van der Waals surface area contributed by atoms with Gasteiger partial charge in [0.05, 0.1) is 33.8 Å². The second kappa shape index (κ2) is 11.4. The van der Waals surface area contributed by atoms with E-state index < -0.39 is 15.1 Å². The van der Waals surface area contributed by atoms with E-state index >= 15 is 0 Å². The van der Waals surface area contributed by atoms with Crippen LogP contribution in [-0.2, 0) is 9.84 Å². The monoisotopic (exact) mass is 563 g/mol. The number of piperidine rings is 1. The molecule has 2 aromatic carbocycles. The number of benzene rings is 2. The van der Waals surface area contributed by atoms with E-state index in [1.807, 2.05) is 13.8 Å². The molecule has 0 saturated carbocycles. The first-order valence-electron chi connectivity index (χ1n) is 13.7. The lowest BCUT2D eigenvalue weighted by molar-refractivity contribution is 0.243. The third-order valence-electron chi connectivity index (χ3n) is 7.07. The van der Waals surface area contributed by atoms with Crippen molar-refractivity contribution in [1.29, 1.82) is 0 Å². The maximum absolute atomic E-state index is 13.0. The lowest BCUT2D eigenvalue weighted by atomic mass is 9.87. The first-order valence-corrected chi connectivity index (χ1v) is 15.3. The van der Waals surface area contributed by atoms with Gasteiger partial charge in [0.15, 0.2) is 15.5 Å². The molecule has 1 fully saturated rings. The molecule has 3 heterocycles. The molecule has 11 heteroatoms. The summed E-state index contributed by atoms with van der Waals surface area (Å²) in [5.41, 5.74) is 4.23. The second-order valence-electron chi connectivity index (χ2n) is 10.7. The van der Waals surface area contributed by atoms with Crippen molar-refractivity contribution < 1.29 is 13.2 Å². The van der Waals surface area contributed by atoms with Gasteiger partial charge in [-0.2, -0.15) is 19.6 Å². The molecule has 3 N–H and O–H groups in total. The van der Waals surface area contributed by atoms with Crippen LogP contribution in [0.5, 0.6) is 5.75 Å². The lowest BCUT2D eigenvalue weighted by Crippen LogP contribution is -2.27. The fourth-order valence-electron chi connectivity index (χ4n) is 5.00. The second-order valence-corrected chi connectivity index (χ2v) is 13.2. The molecule has 0 amide bonds. The summed E-state index contributed by atoms with van der Waals surface area (Å²) in [4.78, 5) is 9.56. The zero-order chi connectivity index (χ0) is 28.4. The number of rotatable bonds is 9. The highest BCUT2D eigenvalue weighted by atomic mass is 32.2. The van der Waals surface area contributed by atoms with Crippen molar-refractivity contribution in [2.45, 2.75) is 69.6 Å². The molecule has 0 bridgehead atoms. The van der Waals surface area contributed by atoms with Gasteiger partial charge in [-0.15, -0.1) is 0 Å². The van der Waals surface area contributed by atoms with Gasteiger partial charge < -0.3 is 20.7 Å². The van der Waals surface area contributed by atoms with Crippen molar-refractivity contribution in [3.63, 3.8) is 0 Å². The van der Waals surface area contributed by atoms with Crippen molar-refractivity contribution in [2.75, 3.05) is 23.7 Å². The first kappa shape index (κ1) is 27.9. The molecule has 1 saturated heterocycles. The van der Waals surface area contributed by atoms with E-state index in [-0.39, 0.29) is 11.0 Å². The number of sulfone groups is 1. The summed E-state index contributed by atoms with van der Waals surface area (Å²) in [7, 11) is -3.53. The number of anilines is 4. The van der Waals surface area contributed by atoms with Crippen LogP contribution in [0.4, 0.5) is 23.3 Å². The minimum Gasteiger partial charge on any atom is -0.489 e. The number of aromatic nitrogens is 4. The van der Waals surface area contributed by atoms with Gasteiger partial charge in [-0.3, -0.25) is 0 Å². The Morgan fingerprint density at radius 3 is 2.48 bits per heavy atom. The lowest BCUT2D eigenvalue weighted by Gasteiger charge is -2.26. The Kier molecular flexibility index (Phi) is 7.95. The fraction of sp³-hybridized carbons (Fsp3) is 0.414. The zero-order valence-corrected chi connectivity index (χ0v) is 24.4. The number of ether oxygens (including phenoxy) is 1. The molecule has 5 rings (SSSR count). The van der Waals surface area contributed by atoms with Crippen LogP contribution < -0.4 is 20.7 Å². The van der Waals surface area contributed by atoms with Gasteiger partial charge in [-0.05, 0) is 102 Å². The summed E-state index contributed by atoms with van der Waals surface area (Å²) in [6, 6.07) is 12.8. The normalized spacial score (nSPS) is 14.7. The van der Waals surface area contributed by atoms with E-state index in [1.165, 1.54) is 11.1 Å². The highest BCUT2D eigenvalue weighted by Gasteiger charge is 2.24. The minimum atomic E-state index is -3.53. The summed E-state index contributed by atoms with van der Waals surface area (Å²) >= 11 is 0. The standard InChI is InChI=1S/C29H37N7O3S/c1-18(2)39-25-17-22(21-10-13-30-14-11-21)20(5)16-24(25)32-28-34-27-12-15-31-36(27)29(35-28)33-23-8-6-7-9-26(23)40(37,38)19(3)4/h6-9,12,15-19,21,30H,10-11,13-14H2,1-5H3,(H2,32,33,34,35). The number of nitrogens with one attached hydrogen (secondary N) is 3. The molecule has 0 radical (unpaired) electrons. The summed E-state index contributed by atoms with van der Waals surface area (Å²) < 4.78 is 33.9. The van der Waals surface area contributed by atoms with Gasteiger partial charge >= 0.3 is 0 Å². The van der Waals surface area contributed by atoms with Crippen molar-refractivity contribution in [2.24, 2.45) is 0 Å². The third kappa shape index (κ3) is 5.75. The van der Waals surface area contributed by atoms with Crippen LogP contribution in [0.3, 0.4) is 0 Å². The molecule has 10 nitrogen and oxygen atoms in total. The van der Waals surface area contributed by atoms with Crippen LogP contribution in [0.25, 0.3) is 5.65 Å². The van der Waals surface area contributed by atoms with Crippen molar-refractivity contribution in [3.05, 3.63) is 59.8 Å². The quantitative estimate of drug-likeness (QED) is 0.247. The molecular formula is C29H37N7O3S. The number of nitrogens with zero attached hydrogens (tertiary/aromatic N) is 4. The summed E-state index contributed by atoms with van der Waals surface area (Å²) in [5.74, 6) is 1.90. The number of para-hydroxylation sites is 1. The minimum absolute atomic E-state index is 0.0148. The molecule has 1 aliphatic rings. The Labute approximate surface area is 235 Å². The molecule has 4 aromatic rings. The number of hydrogen-bond acceptors (Lipinski definition) is 9. The topological polar surface area (TPSA) is 123 Å². The maximum Gasteiger partial charge on any atom is 0.233 e. The molecule has 0 unspecified atom stereocenters. The van der Waals surface area contributed by atoms with E-state index in [2.05, 4.69) is 45.1 Å². The van der Waals surface area contributed by atoms with Gasteiger partial charge in [0.2, 0.25) is 11.9 Å². The van der Waals surface area contributed by atoms with Crippen molar-refractivity contribution in [1.82, 2.24) is 24.9 Å². The SMILES string of the molecule is Cc1cc(Nc2nc(Nc3ccccc3S(=O)(=O)C(C)C)n3nccc3n2)c(OC(C)C)cc1C1CCNCC1. The number of fused-ring (bicyclic) bond motifs is 1. The van der Waals surface area contributed by atoms with Crippen LogP contribution in [0.15, 0.2) is 53.6 Å². The smallest absolute Gasteiger partial charge is 0.233 e. The fourth-order valence-corrected chi connectivity index (χ4v) is 6.20. The van der Waals surface area contributed by atoms with Gasteiger partial charge in [-0.1, -0.05) is 12.1 Å². The molecule has 40 heavy (non-hydrogen) atoms. The molecule has 2 aromatic heterocycles. The summed E-state index contributed by atoms with van der Waals surface area (Å²) in [6.45, 7) is 11.5. The first-order chi connectivity index (χ1) is 19.1. The zero-order valence-electron chi connectivity index (χ0n) is 23.6. The van der Waals surface area contributed by atoms with Crippen LogP contribution in [-0.4, -0.2) is 52.4 Å². The predicted molar refractivity (Wildman–Crippen MR) is 158 cm³/mol. The molecular weight excluding hydrogens is 526 g/mol. The van der Waals surface area contributed by atoms with Crippen LogP contribution in [0, 0.1) is 6.92 Å². The molecule has 0 aliphatic carbocycles. The van der Waals surface area contributed by atoms with Crippen molar-refractivity contribution in [3.8, 4) is 5.75 Å². The average molecular weight is 564 g/mol. The largest absolute Gasteiger partial charge is 0.489 e. The maximum atomic E-state index is 13.0. The average Bonchev–Trinajstić information content (AvgIpc) is 3.40. The van der Waals surface area contributed by atoms with Crippen LogP contribution in [0.2, 0.25) is 0 Å². The van der Waals surface area contributed by atoms with Crippen LogP contribution in [0.1, 0.15) is 57.6 Å². The molecule has 0 spiro atoms. The van der Waals surface area contributed by atoms with Gasteiger partial charge in [0.25, 0.3) is 0 Å². The van der Waals surface area contributed by atoms with Crippen LogP contribution >= 0.6 is 0 Å². The molecule has 0 atom stereocenters. The Morgan fingerprint density at radius 2 is 1.75 bits per heavy atom. The Bertz CT molecular complexity index is 1610. The third-order valence-corrected chi connectivity index (χ3v) is 9.28. The summed E-state index contributed by atoms with van der Waals surface area (Å²) in [6.07, 6.45) is 3.80. The molecule has 1 aliphatic heterocycles. The van der Waals surface area contributed by atoms with E-state index in [9.17, 15) is 8.42 Å². The van der Waals surface area contributed by atoms with E-state index in [0.29, 0.717) is 29.1 Å². The summed E-state index contributed by atoms with van der Waals surface area (Å²) in [5, 5.41) is 13.8.